The van der Waals surface area contributed by atoms with Crippen LogP contribution in [0, 0.1) is 6.92 Å². The van der Waals surface area contributed by atoms with Crippen molar-refractivity contribution in [3.63, 3.8) is 0 Å². The molecular formula is C27H29BrClN3O4S. The van der Waals surface area contributed by atoms with E-state index in [-0.39, 0.29) is 18.9 Å². The summed E-state index contributed by atoms with van der Waals surface area (Å²) in [5.41, 5.74) is 2.76. The molecule has 0 saturated carbocycles. The largest absolute Gasteiger partial charge is 0.357 e. The number of carbonyl (C=O) groups excluding carboxylic acids is 2. The molecule has 10 heteroatoms. The van der Waals surface area contributed by atoms with Gasteiger partial charge in [-0.1, -0.05) is 70.0 Å². The van der Waals surface area contributed by atoms with Gasteiger partial charge in [0.15, 0.2) is 0 Å². The molecule has 0 fully saturated rings. The highest BCUT2D eigenvalue weighted by atomic mass is 79.9. The predicted octanol–water partition coefficient (Wildman–Crippen LogP) is 4.56. The topological polar surface area (TPSA) is 86.8 Å². The number of rotatable bonds is 10. The van der Waals surface area contributed by atoms with E-state index in [1.807, 2.05) is 43.3 Å². The van der Waals surface area contributed by atoms with Crippen molar-refractivity contribution in [2.24, 2.45) is 0 Å². The second-order valence-corrected chi connectivity index (χ2v) is 11.9. The Bertz CT molecular complexity index is 1370. The molecule has 0 bridgehead atoms. The van der Waals surface area contributed by atoms with E-state index in [4.69, 9.17) is 11.6 Å². The van der Waals surface area contributed by atoms with Gasteiger partial charge in [-0.15, -0.1) is 0 Å². The average Bonchev–Trinajstić information content (AvgIpc) is 2.86. The lowest BCUT2D eigenvalue weighted by Gasteiger charge is -2.33. The van der Waals surface area contributed by atoms with Crippen LogP contribution < -0.4 is 9.62 Å². The molecule has 0 aliphatic rings. The molecule has 196 valence electrons. The first-order valence-corrected chi connectivity index (χ1v) is 14.5. The summed E-state index contributed by atoms with van der Waals surface area (Å²) in [5.74, 6) is -0.875. The van der Waals surface area contributed by atoms with E-state index in [2.05, 4.69) is 21.2 Å². The van der Waals surface area contributed by atoms with Gasteiger partial charge in [0.25, 0.3) is 0 Å². The van der Waals surface area contributed by atoms with Gasteiger partial charge >= 0.3 is 0 Å². The molecule has 3 aromatic carbocycles. The Labute approximate surface area is 231 Å². The lowest BCUT2D eigenvalue weighted by atomic mass is 10.0. The molecule has 0 aliphatic carbocycles. The van der Waals surface area contributed by atoms with Gasteiger partial charge in [0.1, 0.15) is 12.6 Å². The molecule has 37 heavy (non-hydrogen) atoms. The fourth-order valence-electron chi connectivity index (χ4n) is 3.95. The summed E-state index contributed by atoms with van der Waals surface area (Å²) < 4.78 is 27.5. The molecule has 0 aliphatic heterocycles. The van der Waals surface area contributed by atoms with E-state index in [9.17, 15) is 18.0 Å². The van der Waals surface area contributed by atoms with E-state index in [0.29, 0.717) is 16.3 Å². The van der Waals surface area contributed by atoms with Gasteiger partial charge in [0.05, 0.1) is 11.9 Å². The number of nitrogens with one attached hydrogen (secondary N) is 1. The average molecular weight is 607 g/mol. The van der Waals surface area contributed by atoms with E-state index in [1.165, 1.54) is 11.9 Å². The highest BCUT2D eigenvalue weighted by Gasteiger charge is 2.32. The van der Waals surface area contributed by atoms with Crippen molar-refractivity contribution in [1.29, 1.82) is 0 Å². The smallest absolute Gasteiger partial charge is 0.244 e. The van der Waals surface area contributed by atoms with Crippen LogP contribution in [0.2, 0.25) is 5.02 Å². The maximum absolute atomic E-state index is 13.9. The zero-order chi connectivity index (χ0) is 27.2. The van der Waals surface area contributed by atoms with E-state index in [1.54, 1.807) is 36.4 Å². The molecule has 1 atom stereocenters. The number of anilines is 1. The number of benzene rings is 3. The lowest BCUT2D eigenvalue weighted by molar-refractivity contribution is -0.139. The Morgan fingerprint density at radius 1 is 1.00 bits per heavy atom. The molecule has 1 N–H and O–H groups in total. The zero-order valence-electron chi connectivity index (χ0n) is 20.8. The summed E-state index contributed by atoms with van der Waals surface area (Å²) in [4.78, 5) is 28.4. The number of likely N-dealkylation sites (N-methyl/N-ethyl adjacent to an activating group) is 1. The van der Waals surface area contributed by atoms with Gasteiger partial charge in [-0.25, -0.2) is 8.42 Å². The number of halogens is 2. The third-order valence-electron chi connectivity index (χ3n) is 5.87. The summed E-state index contributed by atoms with van der Waals surface area (Å²) in [5, 5.41) is 3.14. The van der Waals surface area contributed by atoms with E-state index in [0.717, 1.165) is 26.2 Å². The summed E-state index contributed by atoms with van der Waals surface area (Å²) in [6.45, 7) is 1.44. The van der Waals surface area contributed by atoms with Gasteiger partial charge < -0.3 is 10.2 Å². The van der Waals surface area contributed by atoms with Crippen molar-refractivity contribution in [2.45, 2.75) is 25.9 Å². The van der Waals surface area contributed by atoms with Gasteiger partial charge in [-0.3, -0.25) is 13.9 Å². The van der Waals surface area contributed by atoms with Gasteiger partial charge in [0.2, 0.25) is 21.8 Å². The molecule has 3 aromatic rings. The second-order valence-electron chi connectivity index (χ2n) is 8.67. The van der Waals surface area contributed by atoms with E-state index >= 15 is 0 Å². The van der Waals surface area contributed by atoms with Crippen LogP contribution in [-0.4, -0.2) is 51.0 Å². The van der Waals surface area contributed by atoms with Crippen molar-refractivity contribution < 1.29 is 18.0 Å². The van der Waals surface area contributed by atoms with Crippen LogP contribution in [0.15, 0.2) is 77.3 Å². The molecule has 0 saturated heterocycles. The molecule has 0 unspecified atom stereocenters. The fraction of sp³-hybridized carbons (Fsp3) is 0.259. The molecule has 0 radical (unpaired) electrons. The van der Waals surface area contributed by atoms with Crippen LogP contribution in [-0.2, 0) is 32.6 Å². The molecule has 0 heterocycles. The number of nitrogens with zero attached hydrogens (tertiary/aromatic N) is 2. The molecule has 0 aromatic heterocycles. The van der Waals surface area contributed by atoms with Crippen LogP contribution in [0.1, 0.15) is 16.7 Å². The predicted molar refractivity (Wildman–Crippen MR) is 151 cm³/mol. The summed E-state index contributed by atoms with van der Waals surface area (Å²) in [6, 6.07) is 20.5. The molecular weight excluding hydrogens is 578 g/mol. The maximum Gasteiger partial charge on any atom is 0.244 e. The van der Waals surface area contributed by atoms with Crippen molar-refractivity contribution in [1.82, 2.24) is 10.2 Å². The number of sulfonamides is 1. The SMILES string of the molecule is CNC(=O)[C@@H](Cc1ccccc1)N(Cc1cccc(Cl)c1)C(=O)CN(c1ccc(Br)c(C)c1)S(C)(=O)=O. The van der Waals surface area contributed by atoms with Crippen LogP contribution in [0.5, 0.6) is 0 Å². The van der Waals surface area contributed by atoms with Crippen molar-refractivity contribution in [2.75, 3.05) is 24.2 Å². The Kier molecular flexibility index (Phi) is 9.75. The Hall–Kier alpha value is -2.88. The fourth-order valence-corrected chi connectivity index (χ4v) is 5.25. The number of aryl methyl sites for hydroxylation is 1. The quantitative estimate of drug-likeness (QED) is 0.367. The van der Waals surface area contributed by atoms with Gasteiger partial charge in [0, 0.05) is 29.5 Å². The summed E-state index contributed by atoms with van der Waals surface area (Å²) >= 11 is 9.61. The minimum Gasteiger partial charge on any atom is -0.357 e. The number of hydrogen-bond acceptors (Lipinski definition) is 4. The van der Waals surface area contributed by atoms with Crippen LogP contribution in [0.3, 0.4) is 0 Å². The number of amides is 2. The zero-order valence-corrected chi connectivity index (χ0v) is 24.0. The third-order valence-corrected chi connectivity index (χ3v) is 8.13. The first-order chi connectivity index (χ1) is 17.5. The minimum absolute atomic E-state index is 0.0707. The van der Waals surface area contributed by atoms with Crippen LogP contribution >= 0.6 is 27.5 Å². The van der Waals surface area contributed by atoms with Gasteiger partial charge in [-0.2, -0.15) is 0 Å². The highest BCUT2D eigenvalue weighted by molar-refractivity contribution is 9.10. The number of hydrogen-bond donors (Lipinski definition) is 1. The summed E-state index contributed by atoms with van der Waals surface area (Å²) in [6.07, 6.45) is 1.31. The first-order valence-electron chi connectivity index (χ1n) is 11.5. The lowest BCUT2D eigenvalue weighted by Crippen LogP contribution is -2.52. The standard InChI is InChI=1S/C27H29BrClN3O4S/c1-19-14-23(12-13-24(19)28)32(37(3,35)36)18-26(33)31(17-21-10-7-11-22(29)15-21)25(27(34)30-2)16-20-8-5-4-6-9-20/h4-15,25H,16-18H2,1-3H3,(H,30,34)/t25-/m1/s1. The monoisotopic (exact) mass is 605 g/mol. The maximum atomic E-state index is 13.9. The normalized spacial score (nSPS) is 12.0. The second kappa shape index (κ2) is 12.6. The Morgan fingerprint density at radius 2 is 1.68 bits per heavy atom. The van der Waals surface area contributed by atoms with Crippen molar-refractivity contribution in [3.05, 3.63) is 99.0 Å². The summed E-state index contributed by atoms with van der Waals surface area (Å²) in [7, 11) is -2.31. The van der Waals surface area contributed by atoms with Crippen molar-refractivity contribution >= 4 is 55.1 Å². The highest BCUT2D eigenvalue weighted by Crippen LogP contribution is 2.25. The van der Waals surface area contributed by atoms with Crippen molar-refractivity contribution in [3.8, 4) is 0 Å². The molecule has 0 spiro atoms. The minimum atomic E-state index is -3.82. The van der Waals surface area contributed by atoms with E-state index < -0.39 is 28.5 Å². The molecule has 2 amide bonds. The molecule has 7 nitrogen and oxygen atoms in total. The van der Waals surface area contributed by atoms with Gasteiger partial charge in [-0.05, 0) is 53.9 Å². The first kappa shape index (κ1) is 28.7. The third kappa shape index (κ3) is 7.80. The van der Waals surface area contributed by atoms with Crippen LogP contribution in [0.25, 0.3) is 0 Å². The molecule has 3 rings (SSSR count). The Balaban J connectivity index is 2.04. The van der Waals surface area contributed by atoms with Crippen LogP contribution in [0.4, 0.5) is 5.69 Å². The Morgan fingerprint density at radius 3 is 2.27 bits per heavy atom. The number of carbonyl (C=O) groups is 2.